The van der Waals surface area contributed by atoms with Crippen LogP contribution in [0.2, 0.25) is 0 Å². The van der Waals surface area contributed by atoms with E-state index in [2.05, 4.69) is 4.72 Å². The van der Waals surface area contributed by atoms with Gasteiger partial charge < -0.3 is 10.8 Å². The summed E-state index contributed by atoms with van der Waals surface area (Å²) < 4.78 is 37.4. The van der Waals surface area contributed by atoms with Gasteiger partial charge in [0.25, 0.3) is 0 Å². The van der Waals surface area contributed by atoms with E-state index >= 15 is 0 Å². The number of nitrogens with two attached hydrogens (primary N) is 1. The molecular formula is C11H18N2O4S2. The summed E-state index contributed by atoms with van der Waals surface area (Å²) in [5.74, 6) is -0.158. The van der Waals surface area contributed by atoms with Crippen molar-refractivity contribution in [1.29, 1.82) is 0 Å². The molecule has 6 nitrogen and oxygen atoms in total. The van der Waals surface area contributed by atoms with Crippen LogP contribution in [-0.2, 0) is 20.8 Å². The van der Waals surface area contributed by atoms with Crippen LogP contribution < -0.4 is 10.5 Å². The first-order chi connectivity index (χ1) is 8.74. The van der Waals surface area contributed by atoms with E-state index in [0.717, 1.165) is 0 Å². The molecule has 0 heterocycles. The molecule has 8 heteroatoms. The molecule has 0 spiro atoms. The molecule has 2 unspecified atom stereocenters. The number of rotatable bonds is 6. The van der Waals surface area contributed by atoms with Gasteiger partial charge in [-0.3, -0.25) is 4.21 Å². The number of hydrogen-bond donors (Lipinski definition) is 3. The Morgan fingerprint density at radius 1 is 1.47 bits per heavy atom. The van der Waals surface area contributed by atoms with Gasteiger partial charge >= 0.3 is 0 Å². The summed E-state index contributed by atoms with van der Waals surface area (Å²) in [5.41, 5.74) is 5.46. The Bertz CT molecular complexity index is 572. The molecule has 2 atom stereocenters. The minimum Gasteiger partial charge on any atom is -0.506 e. The number of sulfonamides is 1. The summed E-state index contributed by atoms with van der Waals surface area (Å²) in [5, 5.41) is 9.17. The van der Waals surface area contributed by atoms with E-state index in [1.807, 2.05) is 0 Å². The topological polar surface area (TPSA) is 109 Å². The third-order valence-electron chi connectivity index (χ3n) is 2.72. The number of hydrogen-bond acceptors (Lipinski definition) is 5. The normalized spacial score (nSPS) is 15.1. The first-order valence-electron chi connectivity index (χ1n) is 5.64. The zero-order valence-electron chi connectivity index (χ0n) is 10.8. The van der Waals surface area contributed by atoms with Crippen molar-refractivity contribution in [3.63, 3.8) is 0 Å². The summed E-state index contributed by atoms with van der Waals surface area (Å²) >= 11 is 0. The molecule has 1 rings (SSSR count). The molecule has 0 aromatic heterocycles. The van der Waals surface area contributed by atoms with E-state index < -0.39 is 20.8 Å². The highest BCUT2D eigenvalue weighted by molar-refractivity contribution is 7.89. The smallest absolute Gasteiger partial charge is 0.240 e. The van der Waals surface area contributed by atoms with Gasteiger partial charge in [0.05, 0.1) is 10.6 Å². The fourth-order valence-electron chi connectivity index (χ4n) is 1.35. The van der Waals surface area contributed by atoms with Crippen molar-refractivity contribution in [2.45, 2.75) is 23.5 Å². The number of anilines is 1. The Balaban J connectivity index is 2.71. The molecule has 19 heavy (non-hydrogen) atoms. The van der Waals surface area contributed by atoms with Crippen molar-refractivity contribution in [3.05, 3.63) is 18.2 Å². The fourth-order valence-corrected chi connectivity index (χ4v) is 2.88. The van der Waals surface area contributed by atoms with Crippen LogP contribution in [0.3, 0.4) is 0 Å². The number of aromatic hydroxyl groups is 1. The molecule has 0 aliphatic rings. The molecule has 0 saturated heterocycles. The molecule has 0 bridgehead atoms. The lowest BCUT2D eigenvalue weighted by Crippen LogP contribution is -2.27. The van der Waals surface area contributed by atoms with Gasteiger partial charge in [0, 0.05) is 28.9 Å². The number of phenolic OH excluding ortho intramolecular Hbond substituents is 1. The van der Waals surface area contributed by atoms with Crippen molar-refractivity contribution in [3.8, 4) is 5.75 Å². The zero-order chi connectivity index (χ0) is 14.6. The zero-order valence-corrected chi connectivity index (χ0v) is 12.4. The van der Waals surface area contributed by atoms with E-state index in [4.69, 9.17) is 5.73 Å². The Morgan fingerprint density at radius 2 is 2.11 bits per heavy atom. The summed E-state index contributed by atoms with van der Waals surface area (Å²) in [6, 6.07) is 3.70. The molecule has 0 amide bonds. The van der Waals surface area contributed by atoms with Crippen LogP contribution in [0.25, 0.3) is 0 Å². The second kappa shape index (κ2) is 6.36. The SMILES string of the molecule is CC(CCNS(=O)(=O)c1ccc(O)c(N)c1)S(C)=O. The van der Waals surface area contributed by atoms with Gasteiger partial charge in [-0.1, -0.05) is 6.92 Å². The van der Waals surface area contributed by atoms with Crippen molar-refractivity contribution in [2.75, 3.05) is 18.5 Å². The number of benzene rings is 1. The predicted octanol–water partition coefficient (Wildman–Crippen LogP) is 0.410. The lowest BCUT2D eigenvalue weighted by Gasteiger charge is -2.10. The van der Waals surface area contributed by atoms with Crippen molar-refractivity contribution in [1.82, 2.24) is 4.72 Å². The monoisotopic (exact) mass is 306 g/mol. The number of nitrogen functional groups attached to an aromatic ring is 1. The largest absolute Gasteiger partial charge is 0.506 e. The molecule has 0 fully saturated rings. The molecule has 0 radical (unpaired) electrons. The lowest BCUT2D eigenvalue weighted by molar-refractivity contribution is 0.477. The fraction of sp³-hybridized carbons (Fsp3) is 0.455. The quantitative estimate of drug-likeness (QED) is 0.521. The first-order valence-corrected chi connectivity index (χ1v) is 8.75. The second-order valence-electron chi connectivity index (χ2n) is 4.22. The number of nitrogens with one attached hydrogen (secondary N) is 1. The van der Waals surface area contributed by atoms with Gasteiger partial charge in [0.15, 0.2) is 0 Å². The summed E-state index contributed by atoms with van der Waals surface area (Å²) in [4.78, 5) is -0.00641. The van der Waals surface area contributed by atoms with Crippen LogP contribution in [0.4, 0.5) is 5.69 Å². The van der Waals surface area contributed by atoms with Crippen molar-refractivity contribution < 1.29 is 17.7 Å². The summed E-state index contributed by atoms with van der Waals surface area (Å²) in [7, 11) is -4.64. The molecular weight excluding hydrogens is 288 g/mol. The highest BCUT2D eigenvalue weighted by Gasteiger charge is 2.16. The van der Waals surface area contributed by atoms with Gasteiger partial charge in [-0.15, -0.1) is 0 Å². The minimum absolute atomic E-state index is 0.00547. The second-order valence-corrected chi connectivity index (χ2v) is 7.79. The predicted molar refractivity (Wildman–Crippen MR) is 75.9 cm³/mol. The molecule has 0 aliphatic carbocycles. The van der Waals surface area contributed by atoms with Crippen LogP contribution in [0, 0.1) is 0 Å². The Hall–Kier alpha value is -1.12. The van der Waals surface area contributed by atoms with Crippen LogP contribution in [0.5, 0.6) is 5.75 Å². The molecule has 4 N–H and O–H groups in total. The van der Waals surface area contributed by atoms with Gasteiger partial charge in [-0.05, 0) is 24.6 Å². The maximum absolute atomic E-state index is 11.9. The highest BCUT2D eigenvalue weighted by atomic mass is 32.2. The van der Waals surface area contributed by atoms with Gasteiger partial charge in [0.2, 0.25) is 10.0 Å². The highest BCUT2D eigenvalue weighted by Crippen LogP contribution is 2.22. The standard InChI is InChI=1S/C11H18N2O4S2/c1-8(18(2)15)5-6-13-19(16,17)9-3-4-11(14)10(12)7-9/h3-4,7-8,13-14H,5-6,12H2,1-2H3. The Morgan fingerprint density at radius 3 is 2.63 bits per heavy atom. The average Bonchev–Trinajstić information content (AvgIpc) is 2.32. The molecule has 0 aliphatic heterocycles. The van der Waals surface area contributed by atoms with E-state index in [1.54, 1.807) is 13.2 Å². The Kier molecular flexibility index (Phi) is 5.33. The van der Waals surface area contributed by atoms with Gasteiger partial charge in [-0.2, -0.15) is 0 Å². The van der Waals surface area contributed by atoms with Gasteiger partial charge in [-0.25, -0.2) is 13.1 Å². The number of phenols is 1. The molecule has 0 saturated carbocycles. The van der Waals surface area contributed by atoms with E-state index in [1.165, 1.54) is 18.2 Å². The van der Waals surface area contributed by atoms with Crippen molar-refractivity contribution in [2.24, 2.45) is 0 Å². The molecule has 1 aromatic carbocycles. The Labute approximate surface area is 115 Å². The van der Waals surface area contributed by atoms with E-state index in [0.29, 0.717) is 6.42 Å². The van der Waals surface area contributed by atoms with Crippen LogP contribution in [0.1, 0.15) is 13.3 Å². The van der Waals surface area contributed by atoms with E-state index in [-0.39, 0.29) is 28.1 Å². The van der Waals surface area contributed by atoms with Crippen LogP contribution >= 0.6 is 0 Å². The molecule has 108 valence electrons. The minimum atomic E-state index is -3.66. The maximum atomic E-state index is 11.9. The third-order valence-corrected chi connectivity index (χ3v) is 5.55. The van der Waals surface area contributed by atoms with Crippen LogP contribution in [0.15, 0.2) is 23.1 Å². The summed E-state index contributed by atoms with van der Waals surface area (Å²) in [6.07, 6.45) is 2.07. The van der Waals surface area contributed by atoms with Crippen molar-refractivity contribution >= 4 is 26.5 Å². The van der Waals surface area contributed by atoms with Gasteiger partial charge in [0.1, 0.15) is 5.75 Å². The first kappa shape index (κ1) is 15.9. The maximum Gasteiger partial charge on any atom is 0.240 e. The van der Waals surface area contributed by atoms with E-state index in [9.17, 15) is 17.7 Å². The molecule has 1 aromatic rings. The summed E-state index contributed by atoms with van der Waals surface area (Å²) in [6.45, 7) is 1.99. The lowest BCUT2D eigenvalue weighted by atomic mass is 10.3. The van der Waals surface area contributed by atoms with Crippen LogP contribution in [-0.4, -0.2) is 35.8 Å². The third kappa shape index (κ3) is 4.48. The average molecular weight is 306 g/mol.